The van der Waals surface area contributed by atoms with Crippen LogP contribution in [0.5, 0.6) is 5.88 Å². The van der Waals surface area contributed by atoms with Crippen LogP contribution in [0.4, 0.5) is 5.82 Å². The summed E-state index contributed by atoms with van der Waals surface area (Å²) in [5, 5.41) is 9.80. The van der Waals surface area contributed by atoms with E-state index in [9.17, 15) is 0 Å². The number of nitrogens with one attached hydrogen (secondary N) is 2. The van der Waals surface area contributed by atoms with Crippen LogP contribution in [-0.2, 0) is 6.42 Å². The second-order valence-electron chi connectivity index (χ2n) is 3.68. The van der Waals surface area contributed by atoms with Crippen molar-refractivity contribution >= 4 is 5.82 Å². The topological polar surface area (TPSA) is 88.6 Å². The Morgan fingerprint density at radius 2 is 2.28 bits per heavy atom. The number of nitrogens with zero attached hydrogens (tertiary/aromatic N) is 4. The Bertz CT molecular complexity index is 484. The third-order valence-electron chi connectivity index (χ3n) is 2.24. The van der Waals surface area contributed by atoms with Crippen LogP contribution in [0.3, 0.4) is 0 Å². The van der Waals surface area contributed by atoms with E-state index in [1.807, 2.05) is 13.8 Å². The van der Waals surface area contributed by atoms with Gasteiger partial charge in [-0.1, -0.05) is 0 Å². The summed E-state index contributed by atoms with van der Waals surface area (Å²) in [5.74, 6) is 2.87. The number of aryl methyl sites for hydroxylation is 1. The van der Waals surface area contributed by atoms with E-state index >= 15 is 0 Å². The molecule has 2 rings (SSSR count). The van der Waals surface area contributed by atoms with Gasteiger partial charge < -0.3 is 10.1 Å². The van der Waals surface area contributed by atoms with Gasteiger partial charge in [-0.05, 0) is 13.8 Å². The monoisotopic (exact) mass is 248 g/mol. The first-order valence-corrected chi connectivity index (χ1v) is 5.84. The maximum Gasteiger partial charge on any atom is 0.218 e. The fraction of sp³-hybridized carbons (Fsp3) is 0.455. The lowest BCUT2D eigenvalue weighted by Crippen LogP contribution is -2.09. The van der Waals surface area contributed by atoms with E-state index in [1.54, 1.807) is 6.07 Å². The van der Waals surface area contributed by atoms with Gasteiger partial charge in [0.05, 0.1) is 6.61 Å². The molecule has 0 aliphatic carbocycles. The van der Waals surface area contributed by atoms with Gasteiger partial charge >= 0.3 is 0 Å². The van der Waals surface area contributed by atoms with E-state index < -0.39 is 0 Å². The highest BCUT2D eigenvalue weighted by molar-refractivity contribution is 5.38. The zero-order chi connectivity index (χ0) is 12.8. The predicted molar refractivity (Wildman–Crippen MR) is 66.5 cm³/mol. The number of aromatic amines is 1. The molecule has 0 saturated heterocycles. The van der Waals surface area contributed by atoms with Gasteiger partial charge in [0, 0.05) is 19.0 Å². The Balaban J connectivity index is 1.92. The fourth-order valence-electron chi connectivity index (χ4n) is 1.51. The molecule has 0 aliphatic heterocycles. The molecule has 7 nitrogen and oxygen atoms in total. The average Bonchev–Trinajstić information content (AvgIpc) is 2.82. The summed E-state index contributed by atoms with van der Waals surface area (Å²) in [5.41, 5.74) is 0. The van der Waals surface area contributed by atoms with E-state index in [2.05, 4.69) is 30.5 Å². The van der Waals surface area contributed by atoms with Gasteiger partial charge in [0.2, 0.25) is 5.88 Å². The summed E-state index contributed by atoms with van der Waals surface area (Å²) in [6.45, 7) is 5.07. The van der Waals surface area contributed by atoms with Crippen LogP contribution in [0.25, 0.3) is 0 Å². The molecule has 0 saturated carbocycles. The van der Waals surface area contributed by atoms with Gasteiger partial charge in [-0.25, -0.2) is 9.97 Å². The van der Waals surface area contributed by atoms with Crippen LogP contribution in [0.2, 0.25) is 0 Å². The van der Waals surface area contributed by atoms with Gasteiger partial charge in [-0.2, -0.15) is 10.1 Å². The number of anilines is 1. The lowest BCUT2D eigenvalue weighted by molar-refractivity contribution is 0.325. The molecule has 0 radical (unpaired) electrons. The Labute approximate surface area is 105 Å². The first kappa shape index (κ1) is 12.3. The van der Waals surface area contributed by atoms with Crippen LogP contribution in [0, 0.1) is 6.92 Å². The quantitative estimate of drug-likeness (QED) is 0.791. The second kappa shape index (κ2) is 5.95. The van der Waals surface area contributed by atoms with Gasteiger partial charge in [0.25, 0.3) is 0 Å². The molecule has 96 valence electrons. The van der Waals surface area contributed by atoms with E-state index in [-0.39, 0.29) is 0 Å². The van der Waals surface area contributed by atoms with Crippen molar-refractivity contribution in [2.45, 2.75) is 20.3 Å². The molecular formula is C11H16N6O. The van der Waals surface area contributed by atoms with Gasteiger partial charge in [0.1, 0.15) is 23.8 Å². The minimum Gasteiger partial charge on any atom is -0.478 e. The number of hydrogen-bond acceptors (Lipinski definition) is 6. The normalized spacial score (nSPS) is 10.3. The van der Waals surface area contributed by atoms with Crippen LogP contribution in [0.15, 0.2) is 12.4 Å². The fourth-order valence-corrected chi connectivity index (χ4v) is 1.51. The maximum absolute atomic E-state index is 5.36. The van der Waals surface area contributed by atoms with E-state index in [1.165, 1.54) is 6.33 Å². The van der Waals surface area contributed by atoms with Crippen molar-refractivity contribution in [2.75, 3.05) is 18.5 Å². The van der Waals surface area contributed by atoms with Gasteiger partial charge in [0.15, 0.2) is 0 Å². The predicted octanol–water partition coefficient (Wildman–Crippen LogP) is 0.956. The molecule has 2 aromatic heterocycles. The van der Waals surface area contributed by atoms with E-state index in [0.717, 1.165) is 24.6 Å². The molecule has 18 heavy (non-hydrogen) atoms. The second-order valence-corrected chi connectivity index (χ2v) is 3.68. The zero-order valence-corrected chi connectivity index (χ0v) is 10.5. The van der Waals surface area contributed by atoms with Crippen LogP contribution >= 0.6 is 0 Å². The highest BCUT2D eigenvalue weighted by Gasteiger charge is 2.02. The Morgan fingerprint density at radius 1 is 1.39 bits per heavy atom. The number of hydrogen-bond donors (Lipinski definition) is 2. The van der Waals surface area contributed by atoms with Crippen molar-refractivity contribution in [3.05, 3.63) is 24.0 Å². The highest BCUT2D eigenvalue weighted by atomic mass is 16.5. The number of aromatic nitrogens is 5. The molecule has 7 heteroatoms. The van der Waals surface area contributed by atoms with E-state index in [4.69, 9.17) is 4.74 Å². The molecule has 0 aliphatic rings. The Kier molecular flexibility index (Phi) is 4.06. The van der Waals surface area contributed by atoms with Crippen molar-refractivity contribution in [3.63, 3.8) is 0 Å². The van der Waals surface area contributed by atoms with Crippen molar-refractivity contribution in [1.82, 2.24) is 25.1 Å². The molecule has 2 aromatic rings. The summed E-state index contributed by atoms with van der Waals surface area (Å²) < 4.78 is 5.36. The van der Waals surface area contributed by atoms with Gasteiger partial charge in [-0.15, -0.1) is 0 Å². The molecule has 0 bridgehead atoms. The van der Waals surface area contributed by atoms with Crippen molar-refractivity contribution < 1.29 is 4.74 Å². The first-order valence-electron chi connectivity index (χ1n) is 5.84. The molecular weight excluding hydrogens is 232 g/mol. The van der Waals surface area contributed by atoms with Crippen molar-refractivity contribution in [1.29, 1.82) is 0 Å². The number of rotatable bonds is 6. The molecule has 0 aromatic carbocycles. The summed E-state index contributed by atoms with van der Waals surface area (Å²) in [7, 11) is 0. The first-order chi connectivity index (χ1) is 8.78. The van der Waals surface area contributed by atoms with E-state index in [0.29, 0.717) is 18.3 Å². The average molecular weight is 248 g/mol. The van der Waals surface area contributed by atoms with Crippen LogP contribution < -0.4 is 10.1 Å². The maximum atomic E-state index is 5.36. The third kappa shape index (κ3) is 3.41. The summed E-state index contributed by atoms with van der Waals surface area (Å²) >= 11 is 0. The summed E-state index contributed by atoms with van der Waals surface area (Å²) in [6.07, 6.45) is 2.25. The third-order valence-corrected chi connectivity index (χ3v) is 2.24. The lowest BCUT2D eigenvalue weighted by atomic mass is 10.4. The molecule has 0 amide bonds. The van der Waals surface area contributed by atoms with Crippen molar-refractivity contribution in [3.8, 4) is 5.88 Å². The molecule has 0 unspecified atom stereocenters. The molecule has 2 N–H and O–H groups in total. The van der Waals surface area contributed by atoms with Crippen LogP contribution in [-0.4, -0.2) is 38.3 Å². The minimum atomic E-state index is 0.590. The lowest BCUT2D eigenvalue weighted by Gasteiger charge is -2.08. The van der Waals surface area contributed by atoms with Gasteiger partial charge in [-0.3, -0.25) is 5.10 Å². The largest absolute Gasteiger partial charge is 0.478 e. The number of ether oxygens (including phenoxy) is 1. The Morgan fingerprint density at radius 3 is 3.00 bits per heavy atom. The Hall–Kier alpha value is -2.18. The van der Waals surface area contributed by atoms with Crippen molar-refractivity contribution in [2.24, 2.45) is 0 Å². The minimum absolute atomic E-state index is 0.590. The summed E-state index contributed by atoms with van der Waals surface area (Å²) in [6, 6.07) is 1.79. The molecule has 0 spiro atoms. The van der Waals surface area contributed by atoms with Crippen LogP contribution in [0.1, 0.15) is 18.6 Å². The standard InChI is InChI=1S/C11H16N6O/c1-3-18-11-6-10(15-8(2)16-11)12-5-4-9-13-7-14-17-9/h6-7H,3-5H2,1-2H3,(H,12,15,16)(H,13,14,17). The zero-order valence-electron chi connectivity index (χ0n) is 10.5. The molecule has 0 atom stereocenters. The molecule has 0 fully saturated rings. The smallest absolute Gasteiger partial charge is 0.218 e. The summed E-state index contributed by atoms with van der Waals surface area (Å²) in [4.78, 5) is 12.5. The number of H-pyrrole nitrogens is 1. The molecule has 2 heterocycles. The highest BCUT2D eigenvalue weighted by Crippen LogP contribution is 2.13. The SMILES string of the molecule is CCOc1cc(NCCc2ncn[nH]2)nc(C)n1.